The van der Waals surface area contributed by atoms with Crippen molar-refractivity contribution in [2.45, 2.75) is 45.2 Å². The van der Waals surface area contributed by atoms with E-state index in [0.717, 1.165) is 24.8 Å². The highest BCUT2D eigenvalue weighted by molar-refractivity contribution is 5.89. The monoisotopic (exact) mass is 362 g/mol. The Morgan fingerprint density at radius 3 is 2.74 bits per heavy atom. The number of likely N-dealkylation sites (tertiary alicyclic amines) is 1. The SMILES string of the molecule is Cc1ccc(CN2C[C@H](C(=O)N[C@@H]3CCCc4ccccc43)CC2=O)cc1. The summed E-state index contributed by atoms with van der Waals surface area (Å²) in [4.78, 5) is 27.0. The van der Waals surface area contributed by atoms with Crippen LogP contribution in [-0.2, 0) is 22.6 Å². The summed E-state index contributed by atoms with van der Waals surface area (Å²) in [6.07, 6.45) is 3.45. The Kier molecular flexibility index (Phi) is 4.97. The van der Waals surface area contributed by atoms with Crippen molar-refractivity contribution in [2.75, 3.05) is 6.54 Å². The van der Waals surface area contributed by atoms with Gasteiger partial charge in [-0.2, -0.15) is 0 Å². The first-order valence-corrected chi connectivity index (χ1v) is 9.81. The summed E-state index contributed by atoms with van der Waals surface area (Å²) in [6, 6.07) is 16.6. The number of carbonyl (C=O) groups is 2. The predicted molar refractivity (Wildman–Crippen MR) is 105 cm³/mol. The number of hydrogen-bond acceptors (Lipinski definition) is 2. The lowest BCUT2D eigenvalue weighted by molar-refractivity contribution is -0.129. The topological polar surface area (TPSA) is 49.4 Å². The molecule has 0 spiro atoms. The van der Waals surface area contributed by atoms with E-state index in [-0.39, 0.29) is 23.8 Å². The van der Waals surface area contributed by atoms with Crippen LogP contribution in [0.25, 0.3) is 0 Å². The Labute approximate surface area is 160 Å². The third-order valence-corrected chi connectivity index (χ3v) is 5.77. The first-order chi connectivity index (χ1) is 13.1. The molecule has 2 atom stereocenters. The maximum Gasteiger partial charge on any atom is 0.225 e. The second-order valence-electron chi connectivity index (χ2n) is 7.81. The van der Waals surface area contributed by atoms with Crippen LogP contribution in [0.4, 0.5) is 0 Å². The smallest absolute Gasteiger partial charge is 0.225 e. The van der Waals surface area contributed by atoms with Gasteiger partial charge in [0.1, 0.15) is 0 Å². The van der Waals surface area contributed by atoms with E-state index in [2.05, 4.69) is 54.7 Å². The number of benzene rings is 2. The largest absolute Gasteiger partial charge is 0.349 e. The van der Waals surface area contributed by atoms with Crippen LogP contribution in [-0.4, -0.2) is 23.3 Å². The van der Waals surface area contributed by atoms with Gasteiger partial charge in [-0.1, -0.05) is 54.1 Å². The second kappa shape index (κ2) is 7.55. The van der Waals surface area contributed by atoms with Crippen LogP contribution >= 0.6 is 0 Å². The number of aryl methyl sites for hydroxylation is 2. The van der Waals surface area contributed by atoms with Crippen molar-refractivity contribution in [2.24, 2.45) is 5.92 Å². The highest BCUT2D eigenvalue weighted by Gasteiger charge is 2.35. The van der Waals surface area contributed by atoms with Crippen LogP contribution in [0.15, 0.2) is 48.5 Å². The zero-order chi connectivity index (χ0) is 18.8. The highest BCUT2D eigenvalue weighted by Crippen LogP contribution is 2.30. The molecule has 4 nitrogen and oxygen atoms in total. The van der Waals surface area contributed by atoms with Crippen LogP contribution in [0.3, 0.4) is 0 Å². The molecule has 2 aromatic rings. The minimum absolute atomic E-state index is 0.0106. The maximum atomic E-state index is 12.8. The molecule has 2 amide bonds. The van der Waals surface area contributed by atoms with Gasteiger partial charge in [0.05, 0.1) is 12.0 Å². The van der Waals surface area contributed by atoms with Gasteiger partial charge < -0.3 is 10.2 Å². The Morgan fingerprint density at radius 2 is 1.93 bits per heavy atom. The van der Waals surface area contributed by atoms with Crippen molar-refractivity contribution in [1.29, 1.82) is 0 Å². The van der Waals surface area contributed by atoms with E-state index in [1.54, 1.807) is 0 Å². The number of fused-ring (bicyclic) bond motifs is 1. The maximum absolute atomic E-state index is 12.8. The number of rotatable bonds is 4. The number of hydrogen-bond donors (Lipinski definition) is 1. The lowest BCUT2D eigenvalue weighted by Gasteiger charge is -2.27. The van der Waals surface area contributed by atoms with Crippen LogP contribution < -0.4 is 5.32 Å². The van der Waals surface area contributed by atoms with Gasteiger partial charge in [-0.05, 0) is 42.9 Å². The Morgan fingerprint density at radius 1 is 1.15 bits per heavy atom. The normalized spacial score (nSPS) is 21.8. The molecule has 1 fully saturated rings. The van der Waals surface area contributed by atoms with Crippen molar-refractivity contribution in [3.63, 3.8) is 0 Å². The first kappa shape index (κ1) is 17.8. The molecule has 140 valence electrons. The van der Waals surface area contributed by atoms with E-state index in [0.29, 0.717) is 19.5 Å². The molecule has 1 aliphatic heterocycles. The fourth-order valence-corrected chi connectivity index (χ4v) is 4.21. The summed E-state index contributed by atoms with van der Waals surface area (Å²) >= 11 is 0. The van der Waals surface area contributed by atoms with Gasteiger partial charge in [0, 0.05) is 19.5 Å². The molecular weight excluding hydrogens is 336 g/mol. The fourth-order valence-electron chi connectivity index (χ4n) is 4.21. The molecule has 27 heavy (non-hydrogen) atoms. The minimum atomic E-state index is -0.253. The minimum Gasteiger partial charge on any atom is -0.349 e. The lowest BCUT2D eigenvalue weighted by Crippen LogP contribution is -2.36. The van der Waals surface area contributed by atoms with Crippen molar-refractivity contribution < 1.29 is 9.59 Å². The second-order valence-corrected chi connectivity index (χ2v) is 7.81. The average Bonchev–Trinajstić information content (AvgIpc) is 3.04. The van der Waals surface area contributed by atoms with Gasteiger partial charge in [-0.25, -0.2) is 0 Å². The van der Waals surface area contributed by atoms with E-state index in [4.69, 9.17) is 0 Å². The third-order valence-electron chi connectivity index (χ3n) is 5.77. The first-order valence-electron chi connectivity index (χ1n) is 9.81. The zero-order valence-corrected chi connectivity index (χ0v) is 15.8. The molecule has 0 radical (unpaired) electrons. The summed E-state index contributed by atoms with van der Waals surface area (Å²) in [5.41, 5.74) is 4.88. The van der Waals surface area contributed by atoms with Crippen LogP contribution in [0, 0.1) is 12.8 Å². The Hall–Kier alpha value is -2.62. The molecule has 1 saturated heterocycles. The Balaban J connectivity index is 1.39. The average molecular weight is 362 g/mol. The molecule has 4 rings (SSSR count). The number of carbonyl (C=O) groups excluding carboxylic acids is 2. The van der Waals surface area contributed by atoms with Gasteiger partial charge >= 0.3 is 0 Å². The van der Waals surface area contributed by atoms with Gasteiger partial charge in [0.2, 0.25) is 11.8 Å². The van der Waals surface area contributed by atoms with Crippen molar-refractivity contribution in [3.8, 4) is 0 Å². The van der Waals surface area contributed by atoms with Crippen molar-refractivity contribution >= 4 is 11.8 Å². The van der Waals surface area contributed by atoms with E-state index in [1.165, 1.54) is 16.7 Å². The molecular formula is C23H26N2O2. The van der Waals surface area contributed by atoms with E-state index < -0.39 is 0 Å². The molecule has 2 aliphatic rings. The fraction of sp³-hybridized carbons (Fsp3) is 0.391. The van der Waals surface area contributed by atoms with Crippen molar-refractivity contribution in [3.05, 3.63) is 70.8 Å². The molecule has 2 aromatic carbocycles. The molecule has 0 unspecified atom stereocenters. The highest BCUT2D eigenvalue weighted by atomic mass is 16.2. The number of amides is 2. The molecule has 0 saturated carbocycles. The van der Waals surface area contributed by atoms with Crippen LogP contribution in [0.2, 0.25) is 0 Å². The van der Waals surface area contributed by atoms with E-state index >= 15 is 0 Å². The summed E-state index contributed by atoms with van der Waals surface area (Å²) in [5, 5.41) is 3.21. The van der Waals surface area contributed by atoms with Crippen LogP contribution in [0.5, 0.6) is 0 Å². The van der Waals surface area contributed by atoms with Crippen molar-refractivity contribution in [1.82, 2.24) is 10.2 Å². The molecule has 1 aliphatic carbocycles. The molecule has 0 bridgehead atoms. The molecule has 1 heterocycles. The summed E-state index contributed by atoms with van der Waals surface area (Å²) < 4.78 is 0. The summed E-state index contributed by atoms with van der Waals surface area (Å²) in [7, 11) is 0. The molecule has 0 aromatic heterocycles. The number of nitrogens with one attached hydrogen (secondary N) is 1. The lowest BCUT2D eigenvalue weighted by atomic mass is 9.87. The molecule has 1 N–H and O–H groups in total. The Bertz CT molecular complexity index is 844. The van der Waals surface area contributed by atoms with E-state index in [9.17, 15) is 9.59 Å². The predicted octanol–water partition coefficient (Wildman–Crippen LogP) is 3.54. The van der Waals surface area contributed by atoms with Gasteiger partial charge in [0.15, 0.2) is 0 Å². The number of nitrogens with zero attached hydrogens (tertiary/aromatic N) is 1. The standard InChI is InChI=1S/C23H26N2O2/c1-16-9-11-17(12-10-16)14-25-15-19(13-22(25)26)23(27)24-21-8-4-6-18-5-2-3-7-20(18)21/h2-3,5,7,9-12,19,21H,4,6,8,13-15H2,1H3,(H,24,27)/t19-,21-/m1/s1. The van der Waals surface area contributed by atoms with Gasteiger partial charge in [0.25, 0.3) is 0 Å². The summed E-state index contributed by atoms with van der Waals surface area (Å²) in [5.74, 6) is -0.173. The zero-order valence-electron chi connectivity index (χ0n) is 15.8. The van der Waals surface area contributed by atoms with Gasteiger partial charge in [-0.3, -0.25) is 9.59 Å². The summed E-state index contributed by atoms with van der Waals surface area (Å²) in [6.45, 7) is 3.14. The van der Waals surface area contributed by atoms with E-state index in [1.807, 2.05) is 11.0 Å². The third kappa shape index (κ3) is 3.90. The molecule has 4 heteroatoms. The quantitative estimate of drug-likeness (QED) is 0.904. The van der Waals surface area contributed by atoms with Crippen LogP contribution in [0.1, 0.15) is 47.6 Å². The van der Waals surface area contributed by atoms with Gasteiger partial charge in [-0.15, -0.1) is 0 Å².